The fraction of sp³-hybridized carbons (Fsp3) is 0.261. The van der Waals surface area contributed by atoms with Gasteiger partial charge in [0.05, 0.1) is 24.6 Å². The molecule has 5 rings (SSSR count). The molecule has 0 aliphatic carbocycles. The summed E-state index contributed by atoms with van der Waals surface area (Å²) in [5.41, 5.74) is 4.91. The number of hydrogen-bond acceptors (Lipinski definition) is 5. The molecule has 0 bridgehead atoms. The van der Waals surface area contributed by atoms with Gasteiger partial charge >= 0.3 is 0 Å². The summed E-state index contributed by atoms with van der Waals surface area (Å²) in [7, 11) is 0. The third-order valence-electron chi connectivity index (χ3n) is 5.41. The number of rotatable bonds is 3. The summed E-state index contributed by atoms with van der Waals surface area (Å²) >= 11 is 1.68. The van der Waals surface area contributed by atoms with E-state index in [-0.39, 0.29) is 11.8 Å². The molecular weight excluding hydrogens is 412 g/mol. The van der Waals surface area contributed by atoms with E-state index in [1.54, 1.807) is 11.8 Å². The van der Waals surface area contributed by atoms with Gasteiger partial charge < -0.3 is 15.0 Å². The fourth-order valence-corrected chi connectivity index (χ4v) is 5.03. The summed E-state index contributed by atoms with van der Waals surface area (Å²) in [6.45, 7) is 3.73. The number of para-hydroxylation sites is 1. The van der Waals surface area contributed by atoms with E-state index < -0.39 is 0 Å². The molecule has 2 aliphatic heterocycles. The number of nitrogens with zero attached hydrogens (tertiary/aromatic N) is 3. The van der Waals surface area contributed by atoms with Crippen LogP contribution in [0.2, 0.25) is 0 Å². The normalized spacial score (nSPS) is 15.2. The molecule has 7 nitrogen and oxygen atoms in total. The predicted molar refractivity (Wildman–Crippen MR) is 120 cm³/mol. The van der Waals surface area contributed by atoms with Crippen molar-refractivity contribution in [3.63, 3.8) is 0 Å². The van der Waals surface area contributed by atoms with Crippen molar-refractivity contribution in [1.82, 2.24) is 14.7 Å². The van der Waals surface area contributed by atoms with Gasteiger partial charge in [0.15, 0.2) is 5.69 Å². The number of nitrogens with one attached hydrogen (secondary N) is 1. The van der Waals surface area contributed by atoms with Gasteiger partial charge in [-0.3, -0.25) is 9.59 Å². The Labute approximate surface area is 184 Å². The van der Waals surface area contributed by atoms with Crippen molar-refractivity contribution in [2.45, 2.75) is 17.6 Å². The molecule has 3 aromatic rings. The molecule has 0 radical (unpaired) electrons. The van der Waals surface area contributed by atoms with Crippen LogP contribution in [0.5, 0.6) is 0 Å². The number of fused-ring (bicyclic) bond motifs is 3. The maximum Gasteiger partial charge on any atom is 0.274 e. The van der Waals surface area contributed by atoms with E-state index in [0.717, 1.165) is 33.1 Å². The number of amides is 2. The molecule has 2 aliphatic rings. The lowest BCUT2D eigenvalue weighted by atomic mass is 10.0. The lowest BCUT2D eigenvalue weighted by Gasteiger charge is -2.26. The molecule has 158 valence electrons. The van der Waals surface area contributed by atoms with Gasteiger partial charge in [-0.1, -0.05) is 18.2 Å². The number of thioether (sulfide) groups is 1. The van der Waals surface area contributed by atoms with Gasteiger partial charge in [-0.15, -0.1) is 11.8 Å². The van der Waals surface area contributed by atoms with Crippen LogP contribution in [-0.4, -0.2) is 52.8 Å². The number of carbonyl (C=O) groups is 2. The van der Waals surface area contributed by atoms with Crippen LogP contribution in [0.3, 0.4) is 0 Å². The molecule has 1 saturated heterocycles. The Kier molecular flexibility index (Phi) is 5.25. The molecule has 31 heavy (non-hydrogen) atoms. The second-order valence-corrected chi connectivity index (χ2v) is 8.53. The van der Waals surface area contributed by atoms with Crippen molar-refractivity contribution in [3.05, 3.63) is 59.8 Å². The largest absolute Gasteiger partial charge is 0.378 e. The lowest BCUT2D eigenvalue weighted by Crippen LogP contribution is -2.41. The molecule has 0 spiro atoms. The maximum absolute atomic E-state index is 13.4. The zero-order valence-electron chi connectivity index (χ0n) is 17.1. The van der Waals surface area contributed by atoms with Crippen molar-refractivity contribution < 1.29 is 14.3 Å². The highest BCUT2D eigenvalue weighted by molar-refractivity contribution is 7.98. The van der Waals surface area contributed by atoms with Gasteiger partial charge in [0.25, 0.3) is 5.91 Å². The molecule has 2 aromatic carbocycles. The number of ether oxygens (including phenoxy) is 1. The Morgan fingerprint density at radius 2 is 1.87 bits per heavy atom. The quantitative estimate of drug-likeness (QED) is 0.682. The van der Waals surface area contributed by atoms with Gasteiger partial charge in [0.2, 0.25) is 5.91 Å². The van der Waals surface area contributed by atoms with Crippen molar-refractivity contribution in [2.24, 2.45) is 0 Å². The SMILES string of the molecule is CC(=O)Nc1ccc2c(c1)-c1c(c(C(=O)N3CCOCC3)nn1-c1ccccc1)CS2. The second-order valence-electron chi connectivity index (χ2n) is 7.51. The van der Waals surface area contributed by atoms with Crippen molar-refractivity contribution in [3.8, 4) is 16.9 Å². The molecular formula is C23H22N4O3S. The molecule has 0 saturated carbocycles. The summed E-state index contributed by atoms with van der Waals surface area (Å²) in [5.74, 6) is 0.486. The molecule has 0 atom stereocenters. The summed E-state index contributed by atoms with van der Waals surface area (Å²) in [4.78, 5) is 27.9. The average molecular weight is 435 g/mol. The Bertz CT molecular complexity index is 1150. The lowest BCUT2D eigenvalue weighted by molar-refractivity contribution is -0.114. The van der Waals surface area contributed by atoms with Crippen molar-refractivity contribution >= 4 is 29.3 Å². The first-order valence-corrected chi connectivity index (χ1v) is 11.2. The summed E-state index contributed by atoms with van der Waals surface area (Å²) < 4.78 is 7.27. The van der Waals surface area contributed by atoms with E-state index in [0.29, 0.717) is 37.8 Å². The van der Waals surface area contributed by atoms with Crippen LogP contribution in [0.4, 0.5) is 5.69 Å². The molecule has 2 amide bonds. The summed E-state index contributed by atoms with van der Waals surface area (Å²) in [6, 6.07) is 15.7. The highest BCUT2D eigenvalue weighted by atomic mass is 32.2. The van der Waals surface area contributed by atoms with E-state index >= 15 is 0 Å². The maximum atomic E-state index is 13.4. The van der Waals surface area contributed by atoms with E-state index in [1.165, 1.54) is 6.92 Å². The van der Waals surface area contributed by atoms with Gasteiger partial charge in [-0.25, -0.2) is 4.68 Å². The Hall–Kier alpha value is -3.10. The second kappa shape index (κ2) is 8.20. The third-order valence-corrected chi connectivity index (χ3v) is 6.51. The minimum Gasteiger partial charge on any atom is -0.378 e. The van der Waals surface area contributed by atoms with Gasteiger partial charge in [0, 0.05) is 47.5 Å². The number of carbonyl (C=O) groups excluding carboxylic acids is 2. The smallest absolute Gasteiger partial charge is 0.274 e. The number of benzene rings is 2. The average Bonchev–Trinajstić information content (AvgIpc) is 3.19. The number of anilines is 1. The molecule has 1 N–H and O–H groups in total. The van der Waals surface area contributed by atoms with Gasteiger partial charge in [-0.05, 0) is 30.3 Å². The molecule has 0 unspecified atom stereocenters. The number of morpholine rings is 1. The number of aromatic nitrogens is 2. The zero-order chi connectivity index (χ0) is 21.4. The van der Waals surface area contributed by atoms with E-state index in [4.69, 9.17) is 9.84 Å². The molecule has 1 fully saturated rings. The predicted octanol–water partition coefficient (Wildman–Crippen LogP) is 3.58. The van der Waals surface area contributed by atoms with Crippen LogP contribution < -0.4 is 5.32 Å². The summed E-state index contributed by atoms with van der Waals surface area (Å²) in [6.07, 6.45) is 0. The van der Waals surface area contributed by atoms with Crippen LogP contribution in [0.15, 0.2) is 53.4 Å². The van der Waals surface area contributed by atoms with E-state index in [9.17, 15) is 9.59 Å². The third kappa shape index (κ3) is 3.73. The first kappa shape index (κ1) is 19.8. The molecule has 1 aromatic heterocycles. The first-order valence-electron chi connectivity index (χ1n) is 10.2. The van der Waals surface area contributed by atoms with Crippen molar-refractivity contribution in [1.29, 1.82) is 0 Å². The van der Waals surface area contributed by atoms with Crippen LogP contribution in [0.1, 0.15) is 23.0 Å². The number of hydrogen-bond donors (Lipinski definition) is 1. The minimum atomic E-state index is -0.122. The van der Waals surface area contributed by atoms with Gasteiger partial charge in [-0.2, -0.15) is 5.10 Å². The minimum absolute atomic E-state index is 0.0590. The monoisotopic (exact) mass is 434 g/mol. The van der Waals surface area contributed by atoms with Crippen LogP contribution in [0, 0.1) is 0 Å². The highest BCUT2D eigenvalue weighted by Crippen LogP contribution is 2.45. The molecule has 8 heteroatoms. The van der Waals surface area contributed by atoms with E-state index in [1.807, 2.05) is 58.1 Å². The Morgan fingerprint density at radius 1 is 1.10 bits per heavy atom. The van der Waals surface area contributed by atoms with Gasteiger partial charge in [0.1, 0.15) is 0 Å². The standard InChI is InChI=1S/C23H22N4O3S/c1-15(28)24-16-7-8-20-18(13-16)22-19(14-31-20)21(23(29)26-9-11-30-12-10-26)25-27(22)17-5-3-2-4-6-17/h2-8,13H,9-12,14H2,1H3,(H,24,28). The van der Waals surface area contributed by atoms with Crippen LogP contribution in [-0.2, 0) is 15.3 Å². The highest BCUT2D eigenvalue weighted by Gasteiger charge is 2.32. The topological polar surface area (TPSA) is 76.5 Å². The zero-order valence-corrected chi connectivity index (χ0v) is 17.9. The van der Waals surface area contributed by atoms with E-state index in [2.05, 4.69) is 5.32 Å². The molecule has 3 heterocycles. The first-order chi connectivity index (χ1) is 15.1. The van der Waals surface area contributed by atoms with Crippen LogP contribution in [0.25, 0.3) is 16.9 Å². The van der Waals surface area contributed by atoms with Crippen molar-refractivity contribution in [2.75, 3.05) is 31.6 Å². The Balaban J connectivity index is 1.67. The van der Waals surface area contributed by atoms with Crippen LogP contribution >= 0.6 is 11.8 Å². The summed E-state index contributed by atoms with van der Waals surface area (Å²) in [5, 5.41) is 7.67. The Morgan fingerprint density at radius 3 is 2.61 bits per heavy atom. The fourth-order valence-electron chi connectivity index (χ4n) is 3.98.